The van der Waals surface area contributed by atoms with E-state index in [0.717, 1.165) is 31.9 Å². The number of hydrogen-bond acceptors (Lipinski definition) is 3. The van der Waals surface area contributed by atoms with Gasteiger partial charge in [-0.05, 0) is 37.4 Å². The summed E-state index contributed by atoms with van der Waals surface area (Å²) < 4.78 is 5.55. The van der Waals surface area contributed by atoms with Gasteiger partial charge in [-0.3, -0.25) is 0 Å². The lowest BCUT2D eigenvalue weighted by atomic mass is 10.0. The van der Waals surface area contributed by atoms with Gasteiger partial charge in [-0.15, -0.1) is 0 Å². The Hall–Kier alpha value is -1.34. The minimum Gasteiger partial charge on any atom is -0.395 e. The fourth-order valence-corrected chi connectivity index (χ4v) is 2.74. The second kappa shape index (κ2) is 8.84. The molecule has 2 rings (SSSR count). The molecule has 0 saturated carbocycles. The fraction of sp³-hybridized carbons (Fsp3) is 0.556. The lowest BCUT2D eigenvalue weighted by molar-refractivity contribution is 0.0411. The molecule has 1 atom stereocenters. The van der Waals surface area contributed by atoms with E-state index in [0.29, 0.717) is 12.3 Å². The van der Waals surface area contributed by atoms with Crippen molar-refractivity contribution in [2.24, 2.45) is 5.92 Å². The van der Waals surface area contributed by atoms with E-state index in [1.54, 1.807) is 0 Å². The van der Waals surface area contributed by atoms with E-state index >= 15 is 0 Å². The van der Waals surface area contributed by atoms with E-state index in [-0.39, 0.29) is 6.61 Å². The molecule has 1 aromatic carbocycles. The van der Waals surface area contributed by atoms with Gasteiger partial charge < -0.3 is 14.7 Å². The summed E-state index contributed by atoms with van der Waals surface area (Å²) in [6.07, 6.45) is 2.98. The van der Waals surface area contributed by atoms with E-state index in [4.69, 9.17) is 9.84 Å². The molecule has 21 heavy (non-hydrogen) atoms. The van der Waals surface area contributed by atoms with Crippen LogP contribution in [0.15, 0.2) is 24.3 Å². The van der Waals surface area contributed by atoms with Crippen LogP contribution in [0.4, 0.5) is 0 Å². The highest BCUT2D eigenvalue weighted by atomic mass is 16.5. The molecule has 1 unspecified atom stereocenters. The Morgan fingerprint density at radius 2 is 2.24 bits per heavy atom. The standard InChI is InChI=1S/C18H25NO2/c1-19(13-16-7-6-12-21-15-16)14-18-10-3-2-8-17(18)9-4-5-11-20/h2-3,8,10,16,20H,5-7,11-15H2,1H3. The highest BCUT2D eigenvalue weighted by Gasteiger charge is 2.16. The van der Waals surface area contributed by atoms with Crippen molar-refractivity contribution in [3.8, 4) is 11.8 Å². The summed E-state index contributed by atoms with van der Waals surface area (Å²) in [7, 11) is 2.16. The van der Waals surface area contributed by atoms with Gasteiger partial charge in [-0.25, -0.2) is 0 Å². The molecule has 0 amide bonds. The van der Waals surface area contributed by atoms with E-state index in [9.17, 15) is 0 Å². The Balaban J connectivity index is 1.93. The number of hydrogen-bond donors (Lipinski definition) is 1. The van der Waals surface area contributed by atoms with E-state index in [1.807, 2.05) is 6.07 Å². The van der Waals surface area contributed by atoms with Crippen LogP contribution >= 0.6 is 0 Å². The summed E-state index contributed by atoms with van der Waals surface area (Å²) >= 11 is 0. The molecule has 1 saturated heterocycles. The van der Waals surface area contributed by atoms with Crippen LogP contribution in [0.3, 0.4) is 0 Å². The summed E-state index contributed by atoms with van der Waals surface area (Å²) in [6.45, 7) is 3.90. The van der Waals surface area contributed by atoms with Gasteiger partial charge in [0.05, 0.1) is 13.2 Å². The maximum atomic E-state index is 8.82. The third-order valence-corrected chi connectivity index (χ3v) is 3.74. The van der Waals surface area contributed by atoms with Crippen molar-refractivity contribution < 1.29 is 9.84 Å². The molecule has 114 valence electrons. The summed E-state index contributed by atoms with van der Waals surface area (Å²) in [4.78, 5) is 2.35. The topological polar surface area (TPSA) is 32.7 Å². The van der Waals surface area contributed by atoms with E-state index < -0.39 is 0 Å². The number of benzene rings is 1. The van der Waals surface area contributed by atoms with Crippen LogP contribution in [0.1, 0.15) is 30.4 Å². The number of aliphatic hydroxyl groups is 1. The fourth-order valence-electron chi connectivity index (χ4n) is 2.74. The second-order valence-corrected chi connectivity index (χ2v) is 5.71. The van der Waals surface area contributed by atoms with Crippen molar-refractivity contribution in [2.75, 3.05) is 33.4 Å². The molecule has 1 fully saturated rings. The smallest absolute Gasteiger partial charge is 0.0540 e. The average Bonchev–Trinajstić information content (AvgIpc) is 2.50. The second-order valence-electron chi connectivity index (χ2n) is 5.71. The molecule has 0 spiro atoms. The van der Waals surface area contributed by atoms with Crippen molar-refractivity contribution in [2.45, 2.75) is 25.8 Å². The molecule has 3 nitrogen and oxygen atoms in total. The Bertz CT molecular complexity index is 483. The Morgan fingerprint density at radius 3 is 3.00 bits per heavy atom. The number of rotatable bonds is 5. The third-order valence-electron chi connectivity index (χ3n) is 3.74. The molecule has 0 aliphatic carbocycles. The molecule has 1 heterocycles. The molecule has 1 aliphatic heterocycles. The zero-order valence-corrected chi connectivity index (χ0v) is 12.8. The molecule has 0 radical (unpaired) electrons. The van der Waals surface area contributed by atoms with E-state index in [1.165, 1.54) is 18.4 Å². The molecule has 0 aromatic heterocycles. The first kappa shape index (κ1) is 16.0. The van der Waals surface area contributed by atoms with Crippen LogP contribution in [0, 0.1) is 17.8 Å². The van der Waals surface area contributed by atoms with Crippen LogP contribution in [-0.2, 0) is 11.3 Å². The van der Waals surface area contributed by atoms with Crippen LogP contribution in [0.2, 0.25) is 0 Å². The Kier molecular flexibility index (Phi) is 6.75. The first-order valence-corrected chi connectivity index (χ1v) is 7.73. The lowest BCUT2D eigenvalue weighted by Gasteiger charge is -2.27. The number of aliphatic hydroxyl groups excluding tert-OH is 1. The van der Waals surface area contributed by atoms with Crippen molar-refractivity contribution in [1.29, 1.82) is 0 Å². The van der Waals surface area contributed by atoms with Crippen molar-refractivity contribution in [1.82, 2.24) is 4.90 Å². The third kappa shape index (κ3) is 5.51. The van der Waals surface area contributed by atoms with Gasteiger partial charge in [0.15, 0.2) is 0 Å². The molecule has 3 heteroatoms. The van der Waals surface area contributed by atoms with Gasteiger partial charge in [0.25, 0.3) is 0 Å². The van der Waals surface area contributed by atoms with Gasteiger partial charge in [-0.1, -0.05) is 30.0 Å². The van der Waals surface area contributed by atoms with Crippen LogP contribution < -0.4 is 0 Å². The normalized spacial score (nSPS) is 18.3. The summed E-state index contributed by atoms with van der Waals surface area (Å²) in [6, 6.07) is 8.26. The average molecular weight is 287 g/mol. The zero-order chi connectivity index (χ0) is 14.9. The van der Waals surface area contributed by atoms with Gasteiger partial charge in [0, 0.05) is 31.7 Å². The zero-order valence-electron chi connectivity index (χ0n) is 12.8. The van der Waals surface area contributed by atoms with Gasteiger partial charge >= 0.3 is 0 Å². The lowest BCUT2D eigenvalue weighted by Crippen LogP contribution is -2.30. The van der Waals surface area contributed by atoms with Gasteiger partial charge in [0.2, 0.25) is 0 Å². The Labute approximate surface area is 127 Å². The SMILES string of the molecule is CN(Cc1ccccc1C#CCCO)CC1CCCOC1. The highest BCUT2D eigenvalue weighted by molar-refractivity contribution is 5.41. The molecule has 1 N–H and O–H groups in total. The predicted molar refractivity (Wildman–Crippen MR) is 84.9 cm³/mol. The van der Waals surface area contributed by atoms with Crippen molar-refractivity contribution in [3.63, 3.8) is 0 Å². The molecule has 0 bridgehead atoms. The molecule has 1 aromatic rings. The Morgan fingerprint density at radius 1 is 1.38 bits per heavy atom. The van der Waals surface area contributed by atoms with Crippen LogP contribution in [0.25, 0.3) is 0 Å². The summed E-state index contributed by atoms with van der Waals surface area (Å²) in [5.41, 5.74) is 2.32. The highest BCUT2D eigenvalue weighted by Crippen LogP contribution is 2.16. The molecule has 1 aliphatic rings. The van der Waals surface area contributed by atoms with E-state index in [2.05, 4.69) is 42.0 Å². The number of ether oxygens (including phenoxy) is 1. The largest absolute Gasteiger partial charge is 0.395 e. The quantitative estimate of drug-likeness (QED) is 0.843. The van der Waals surface area contributed by atoms with Gasteiger partial charge in [-0.2, -0.15) is 0 Å². The minimum absolute atomic E-state index is 0.122. The van der Waals surface area contributed by atoms with Crippen molar-refractivity contribution in [3.05, 3.63) is 35.4 Å². The molecular formula is C18H25NO2. The maximum absolute atomic E-state index is 8.82. The van der Waals surface area contributed by atoms with Crippen LogP contribution in [-0.4, -0.2) is 43.4 Å². The summed E-state index contributed by atoms with van der Waals surface area (Å²) in [5.74, 6) is 6.82. The predicted octanol–water partition coefficient (Wildman–Crippen LogP) is 2.28. The first-order valence-electron chi connectivity index (χ1n) is 7.73. The van der Waals surface area contributed by atoms with Crippen molar-refractivity contribution >= 4 is 0 Å². The molecular weight excluding hydrogens is 262 g/mol. The minimum atomic E-state index is 0.122. The first-order chi connectivity index (χ1) is 10.3. The summed E-state index contributed by atoms with van der Waals surface area (Å²) in [5, 5.41) is 8.82. The maximum Gasteiger partial charge on any atom is 0.0540 e. The monoisotopic (exact) mass is 287 g/mol. The van der Waals surface area contributed by atoms with Crippen LogP contribution in [0.5, 0.6) is 0 Å². The van der Waals surface area contributed by atoms with Gasteiger partial charge in [0.1, 0.15) is 0 Å². The number of nitrogens with zero attached hydrogens (tertiary/aromatic N) is 1.